The Bertz CT molecular complexity index is 360. The van der Waals surface area contributed by atoms with Gasteiger partial charge in [-0.15, -0.1) is 0 Å². The highest BCUT2D eigenvalue weighted by atomic mass is 15.3. The van der Waals surface area contributed by atoms with Gasteiger partial charge in [0.05, 0.1) is 0 Å². The number of hydrogen-bond acceptors (Lipinski definition) is 5. The first kappa shape index (κ1) is 12.1. The summed E-state index contributed by atoms with van der Waals surface area (Å²) in [5, 5.41) is 3.02. The fourth-order valence-electron chi connectivity index (χ4n) is 2.02. The lowest BCUT2D eigenvalue weighted by atomic mass is 10.2. The number of anilines is 2. The zero-order valence-corrected chi connectivity index (χ0v) is 10.7. The van der Waals surface area contributed by atoms with Crippen LogP contribution in [0.25, 0.3) is 0 Å². The standard InChI is InChI=1S/C12H21N5/c1-3-4-7-10-14-11(13-2)16-12(15-10)17-8-5-6-9-17/h3-9H2,1-2H3,(H,13,14,15,16). The third kappa shape index (κ3) is 3.05. The lowest BCUT2D eigenvalue weighted by Crippen LogP contribution is -2.22. The number of nitrogens with zero attached hydrogens (tertiary/aromatic N) is 4. The minimum absolute atomic E-state index is 0.688. The van der Waals surface area contributed by atoms with Gasteiger partial charge in [0.2, 0.25) is 11.9 Å². The molecule has 0 bridgehead atoms. The minimum atomic E-state index is 0.688. The molecule has 0 saturated carbocycles. The highest BCUT2D eigenvalue weighted by Crippen LogP contribution is 2.17. The molecule has 1 aromatic heterocycles. The van der Waals surface area contributed by atoms with Gasteiger partial charge in [-0.3, -0.25) is 0 Å². The van der Waals surface area contributed by atoms with Crippen molar-refractivity contribution in [1.29, 1.82) is 0 Å². The van der Waals surface area contributed by atoms with E-state index in [4.69, 9.17) is 0 Å². The molecule has 0 amide bonds. The van der Waals surface area contributed by atoms with Gasteiger partial charge in [-0.2, -0.15) is 15.0 Å². The summed E-state index contributed by atoms with van der Waals surface area (Å²) in [5.41, 5.74) is 0. The van der Waals surface area contributed by atoms with Crippen LogP contribution in [-0.2, 0) is 6.42 Å². The van der Waals surface area contributed by atoms with Crippen molar-refractivity contribution in [1.82, 2.24) is 15.0 Å². The van der Waals surface area contributed by atoms with Crippen LogP contribution in [0, 0.1) is 0 Å². The van der Waals surface area contributed by atoms with Crippen molar-refractivity contribution >= 4 is 11.9 Å². The fraction of sp³-hybridized carbons (Fsp3) is 0.750. The summed E-state index contributed by atoms with van der Waals surface area (Å²) < 4.78 is 0. The third-order valence-corrected chi connectivity index (χ3v) is 3.04. The van der Waals surface area contributed by atoms with Gasteiger partial charge in [0.15, 0.2) is 0 Å². The molecule has 5 heteroatoms. The molecule has 1 saturated heterocycles. The van der Waals surface area contributed by atoms with Crippen LogP contribution in [0.3, 0.4) is 0 Å². The van der Waals surface area contributed by atoms with Gasteiger partial charge in [0.25, 0.3) is 0 Å². The van der Waals surface area contributed by atoms with Gasteiger partial charge in [0, 0.05) is 26.6 Å². The van der Waals surface area contributed by atoms with Crippen LogP contribution in [0.2, 0.25) is 0 Å². The molecular weight excluding hydrogens is 214 g/mol. The number of rotatable bonds is 5. The summed E-state index contributed by atoms with van der Waals surface area (Å²) in [4.78, 5) is 15.6. The lowest BCUT2D eigenvalue weighted by molar-refractivity contribution is 0.738. The number of nitrogens with one attached hydrogen (secondary N) is 1. The Morgan fingerprint density at radius 3 is 2.59 bits per heavy atom. The highest BCUT2D eigenvalue weighted by molar-refractivity contribution is 5.37. The maximum absolute atomic E-state index is 4.56. The van der Waals surface area contributed by atoms with E-state index >= 15 is 0 Å². The molecule has 1 aliphatic heterocycles. The van der Waals surface area contributed by atoms with E-state index in [1.54, 1.807) is 0 Å². The predicted molar refractivity (Wildman–Crippen MR) is 69.4 cm³/mol. The number of aryl methyl sites for hydroxylation is 1. The Labute approximate surface area is 103 Å². The van der Waals surface area contributed by atoms with Crippen molar-refractivity contribution in [2.24, 2.45) is 0 Å². The molecule has 5 nitrogen and oxygen atoms in total. The normalized spacial score (nSPS) is 15.3. The Morgan fingerprint density at radius 2 is 1.94 bits per heavy atom. The van der Waals surface area contributed by atoms with Crippen LogP contribution < -0.4 is 10.2 Å². The first-order chi connectivity index (χ1) is 8.33. The SMILES string of the molecule is CCCCc1nc(NC)nc(N2CCCC2)n1. The first-order valence-electron chi connectivity index (χ1n) is 6.51. The molecular formula is C12H21N5. The van der Waals surface area contributed by atoms with Crippen LogP contribution >= 0.6 is 0 Å². The van der Waals surface area contributed by atoms with Crippen molar-refractivity contribution in [2.45, 2.75) is 39.0 Å². The molecule has 0 radical (unpaired) electrons. The topological polar surface area (TPSA) is 53.9 Å². The quantitative estimate of drug-likeness (QED) is 0.844. The summed E-state index contributed by atoms with van der Waals surface area (Å²) in [7, 11) is 1.85. The van der Waals surface area contributed by atoms with Gasteiger partial charge < -0.3 is 10.2 Å². The molecule has 1 aliphatic rings. The van der Waals surface area contributed by atoms with E-state index in [-0.39, 0.29) is 0 Å². The molecule has 1 aromatic rings. The zero-order valence-electron chi connectivity index (χ0n) is 10.7. The molecule has 2 rings (SSSR count). The van der Waals surface area contributed by atoms with E-state index in [0.717, 1.165) is 37.7 Å². The summed E-state index contributed by atoms with van der Waals surface area (Å²) in [6.07, 6.45) is 5.72. The molecule has 0 aliphatic carbocycles. The first-order valence-corrected chi connectivity index (χ1v) is 6.51. The Kier molecular flexibility index (Phi) is 4.12. The van der Waals surface area contributed by atoms with Gasteiger partial charge in [-0.1, -0.05) is 13.3 Å². The second-order valence-electron chi connectivity index (χ2n) is 4.42. The third-order valence-electron chi connectivity index (χ3n) is 3.04. The molecule has 1 N–H and O–H groups in total. The fourth-order valence-corrected chi connectivity index (χ4v) is 2.02. The van der Waals surface area contributed by atoms with E-state index < -0.39 is 0 Å². The van der Waals surface area contributed by atoms with E-state index in [2.05, 4.69) is 32.1 Å². The molecule has 17 heavy (non-hydrogen) atoms. The smallest absolute Gasteiger partial charge is 0.230 e. The lowest BCUT2D eigenvalue weighted by Gasteiger charge is -2.16. The van der Waals surface area contributed by atoms with E-state index in [9.17, 15) is 0 Å². The van der Waals surface area contributed by atoms with E-state index in [1.165, 1.54) is 19.3 Å². The van der Waals surface area contributed by atoms with Crippen molar-refractivity contribution < 1.29 is 0 Å². The van der Waals surface area contributed by atoms with E-state index in [1.807, 2.05) is 7.05 Å². The molecule has 0 spiro atoms. The summed E-state index contributed by atoms with van der Waals surface area (Å²) in [5.74, 6) is 2.44. The van der Waals surface area contributed by atoms with E-state index in [0.29, 0.717) is 5.95 Å². The van der Waals surface area contributed by atoms with Crippen LogP contribution in [0.4, 0.5) is 11.9 Å². The molecule has 0 atom stereocenters. The van der Waals surface area contributed by atoms with Crippen LogP contribution in [-0.4, -0.2) is 35.1 Å². The Morgan fingerprint density at radius 1 is 1.18 bits per heavy atom. The Hall–Kier alpha value is -1.39. The second kappa shape index (κ2) is 5.80. The molecule has 94 valence electrons. The average Bonchev–Trinajstić information content (AvgIpc) is 2.89. The Balaban J connectivity index is 2.18. The van der Waals surface area contributed by atoms with Gasteiger partial charge in [0.1, 0.15) is 5.82 Å². The summed E-state index contributed by atoms with van der Waals surface area (Å²) in [6, 6.07) is 0. The second-order valence-corrected chi connectivity index (χ2v) is 4.42. The number of unbranched alkanes of at least 4 members (excludes halogenated alkanes) is 1. The summed E-state index contributed by atoms with van der Waals surface area (Å²) in [6.45, 7) is 4.32. The molecule has 0 aromatic carbocycles. The highest BCUT2D eigenvalue weighted by Gasteiger charge is 2.16. The average molecular weight is 235 g/mol. The predicted octanol–water partition coefficient (Wildman–Crippen LogP) is 1.86. The minimum Gasteiger partial charge on any atom is -0.357 e. The van der Waals surface area contributed by atoms with Crippen molar-refractivity contribution in [2.75, 3.05) is 30.4 Å². The molecule has 2 heterocycles. The molecule has 1 fully saturated rings. The van der Waals surface area contributed by atoms with Crippen LogP contribution in [0.1, 0.15) is 38.4 Å². The zero-order chi connectivity index (χ0) is 12.1. The van der Waals surface area contributed by atoms with Gasteiger partial charge in [-0.05, 0) is 19.3 Å². The van der Waals surface area contributed by atoms with Crippen LogP contribution in [0.15, 0.2) is 0 Å². The van der Waals surface area contributed by atoms with Crippen molar-refractivity contribution in [3.8, 4) is 0 Å². The maximum Gasteiger partial charge on any atom is 0.230 e. The maximum atomic E-state index is 4.56. The van der Waals surface area contributed by atoms with Gasteiger partial charge >= 0.3 is 0 Å². The molecule has 0 unspecified atom stereocenters. The van der Waals surface area contributed by atoms with Crippen molar-refractivity contribution in [3.05, 3.63) is 5.82 Å². The van der Waals surface area contributed by atoms with Crippen LogP contribution in [0.5, 0.6) is 0 Å². The number of aromatic nitrogens is 3. The largest absolute Gasteiger partial charge is 0.357 e. The monoisotopic (exact) mass is 235 g/mol. The number of hydrogen-bond donors (Lipinski definition) is 1. The van der Waals surface area contributed by atoms with Gasteiger partial charge in [-0.25, -0.2) is 0 Å². The summed E-state index contributed by atoms with van der Waals surface area (Å²) >= 11 is 0. The van der Waals surface area contributed by atoms with Crippen molar-refractivity contribution in [3.63, 3.8) is 0 Å².